The highest BCUT2D eigenvalue weighted by Crippen LogP contribution is 2.30. The molecule has 0 spiro atoms. The zero-order valence-corrected chi connectivity index (χ0v) is 17.2. The van der Waals surface area contributed by atoms with Crippen molar-refractivity contribution < 1.29 is 14.4 Å². The molecule has 152 valence electrons. The van der Waals surface area contributed by atoms with Crippen molar-refractivity contribution in [2.45, 2.75) is 25.8 Å². The minimum Gasteiger partial charge on any atom is -0.339 e. The molecule has 3 aromatic rings. The summed E-state index contributed by atoms with van der Waals surface area (Å²) >= 11 is 0. The van der Waals surface area contributed by atoms with Crippen molar-refractivity contribution in [3.63, 3.8) is 0 Å². The zero-order valence-electron chi connectivity index (χ0n) is 17.2. The summed E-state index contributed by atoms with van der Waals surface area (Å²) in [5.74, 6) is -0.587. The number of hydrogen-bond acceptors (Lipinski definition) is 3. The third-order valence-electron chi connectivity index (χ3n) is 5.88. The maximum Gasteiger partial charge on any atom is 0.261 e. The van der Waals surface area contributed by atoms with Gasteiger partial charge in [-0.3, -0.25) is 19.3 Å². The van der Waals surface area contributed by atoms with Gasteiger partial charge in [-0.2, -0.15) is 0 Å². The van der Waals surface area contributed by atoms with Gasteiger partial charge in [0.15, 0.2) is 0 Å². The van der Waals surface area contributed by atoms with Crippen LogP contribution in [0.1, 0.15) is 52.1 Å². The maximum absolute atomic E-state index is 12.9. The molecule has 0 saturated heterocycles. The van der Waals surface area contributed by atoms with Crippen molar-refractivity contribution in [1.82, 2.24) is 9.80 Å². The lowest BCUT2D eigenvalue weighted by Gasteiger charge is -2.28. The minimum absolute atomic E-state index is 0.00855. The molecule has 3 amide bonds. The lowest BCUT2D eigenvalue weighted by Crippen LogP contribution is -2.41. The van der Waals surface area contributed by atoms with Crippen molar-refractivity contribution in [1.29, 1.82) is 0 Å². The summed E-state index contributed by atoms with van der Waals surface area (Å²) in [5, 5.41) is 1.61. The van der Waals surface area contributed by atoms with Crippen LogP contribution in [0.2, 0.25) is 0 Å². The summed E-state index contributed by atoms with van der Waals surface area (Å²) in [6.07, 6.45) is 0.705. The molecule has 0 aliphatic carbocycles. The van der Waals surface area contributed by atoms with Crippen molar-refractivity contribution in [3.05, 3.63) is 83.4 Å². The van der Waals surface area contributed by atoms with E-state index in [1.165, 1.54) is 4.90 Å². The van der Waals surface area contributed by atoms with E-state index in [0.29, 0.717) is 17.5 Å². The van der Waals surface area contributed by atoms with Crippen LogP contribution in [-0.2, 0) is 4.79 Å². The van der Waals surface area contributed by atoms with Gasteiger partial charge in [0.1, 0.15) is 0 Å². The lowest BCUT2D eigenvalue weighted by molar-refractivity contribution is -0.132. The molecule has 0 fully saturated rings. The average Bonchev–Trinajstić information content (AvgIpc) is 2.79. The minimum atomic E-state index is -0.289. The molecule has 1 heterocycles. The Hall–Kier alpha value is -3.47. The molecule has 0 bridgehead atoms. The van der Waals surface area contributed by atoms with Gasteiger partial charge in [-0.1, -0.05) is 54.6 Å². The molecule has 3 aromatic carbocycles. The molecule has 1 aliphatic heterocycles. The summed E-state index contributed by atoms with van der Waals surface area (Å²) in [6.45, 7) is 2.21. The zero-order chi connectivity index (χ0) is 21.3. The largest absolute Gasteiger partial charge is 0.339 e. The molecule has 5 nitrogen and oxygen atoms in total. The Labute approximate surface area is 175 Å². The highest BCUT2D eigenvalue weighted by atomic mass is 16.2. The highest BCUT2D eigenvalue weighted by molar-refractivity contribution is 6.25. The van der Waals surface area contributed by atoms with Crippen LogP contribution in [0.25, 0.3) is 10.8 Å². The van der Waals surface area contributed by atoms with Gasteiger partial charge in [-0.25, -0.2) is 0 Å². The highest BCUT2D eigenvalue weighted by Gasteiger charge is 2.32. The number of rotatable bonds is 6. The van der Waals surface area contributed by atoms with E-state index in [1.807, 2.05) is 61.5 Å². The standard InChI is InChI=1S/C25H24N2O3/c1-17(18-9-4-3-5-10-18)26(2)22(28)15-8-16-27-24(29)20-13-6-11-19-12-7-14-21(23(19)20)25(27)30/h3-7,9-14,17H,8,15-16H2,1-2H3. The second-order valence-electron chi connectivity index (χ2n) is 7.67. The van der Waals surface area contributed by atoms with Gasteiger partial charge in [0.25, 0.3) is 11.8 Å². The summed E-state index contributed by atoms with van der Waals surface area (Å²) in [5.41, 5.74) is 2.16. The molecular weight excluding hydrogens is 376 g/mol. The third kappa shape index (κ3) is 3.47. The number of carbonyl (C=O) groups excluding carboxylic acids is 3. The number of benzene rings is 3. The number of amides is 3. The van der Waals surface area contributed by atoms with Crippen LogP contribution < -0.4 is 0 Å². The van der Waals surface area contributed by atoms with Crippen LogP contribution in [0.3, 0.4) is 0 Å². The quantitative estimate of drug-likeness (QED) is 0.575. The van der Waals surface area contributed by atoms with Crippen LogP contribution in [0.15, 0.2) is 66.7 Å². The molecule has 1 aliphatic rings. The summed E-state index contributed by atoms with van der Waals surface area (Å²) in [4.78, 5) is 41.5. The second-order valence-corrected chi connectivity index (χ2v) is 7.67. The van der Waals surface area contributed by atoms with Crippen molar-refractivity contribution in [2.75, 3.05) is 13.6 Å². The first-order valence-electron chi connectivity index (χ1n) is 10.2. The van der Waals surface area contributed by atoms with E-state index >= 15 is 0 Å². The van der Waals surface area contributed by atoms with Crippen LogP contribution in [0.4, 0.5) is 0 Å². The predicted octanol–water partition coefficient (Wildman–Crippen LogP) is 4.44. The molecule has 4 rings (SSSR count). The molecule has 0 N–H and O–H groups in total. The first-order valence-corrected chi connectivity index (χ1v) is 10.2. The summed E-state index contributed by atoms with van der Waals surface area (Å²) in [6, 6.07) is 20.8. The fourth-order valence-electron chi connectivity index (χ4n) is 4.02. The molecule has 0 aromatic heterocycles. The van der Waals surface area contributed by atoms with Crippen LogP contribution >= 0.6 is 0 Å². The van der Waals surface area contributed by atoms with E-state index in [2.05, 4.69) is 0 Å². The first kappa shape index (κ1) is 19.8. The second kappa shape index (κ2) is 8.11. The van der Waals surface area contributed by atoms with Crippen LogP contribution in [-0.4, -0.2) is 41.1 Å². The molecule has 0 saturated carbocycles. The normalized spacial score (nSPS) is 14.1. The Balaban J connectivity index is 1.43. The monoisotopic (exact) mass is 400 g/mol. The van der Waals surface area contributed by atoms with Gasteiger partial charge >= 0.3 is 0 Å². The topological polar surface area (TPSA) is 57.7 Å². The Kier molecular flexibility index (Phi) is 5.36. The van der Waals surface area contributed by atoms with E-state index in [9.17, 15) is 14.4 Å². The number of carbonyl (C=O) groups is 3. The lowest BCUT2D eigenvalue weighted by atomic mass is 9.94. The Bertz CT molecular complexity index is 1070. The predicted molar refractivity (Wildman–Crippen MR) is 116 cm³/mol. The van der Waals surface area contributed by atoms with Crippen LogP contribution in [0, 0.1) is 0 Å². The summed E-state index contributed by atoms with van der Waals surface area (Å²) in [7, 11) is 1.79. The molecule has 0 radical (unpaired) electrons. The van der Waals surface area contributed by atoms with Gasteiger partial charge in [0, 0.05) is 36.5 Å². The third-order valence-corrected chi connectivity index (χ3v) is 5.88. The van der Waals surface area contributed by atoms with Gasteiger partial charge < -0.3 is 4.90 Å². The number of hydrogen-bond donors (Lipinski definition) is 0. The van der Waals surface area contributed by atoms with Crippen molar-refractivity contribution >= 4 is 28.5 Å². The van der Waals surface area contributed by atoms with Gasteiger partial charge in [-0.05, 0) is 36.4 Å². The van der Waals surface area contributed by atoms with E-state index in [1.54, 1.807) is 24.1 Å². The smallest absolute Gasteiger partial charge is 0.261 e. The van der Waals surface area contributed by atoms with E-state index < -0.39 is 0 Å². The fraction of sp³-hybridized carbons (Fsp3) is 0.240. The van der Waals surface area contributed by atoms with Gasteiger partial charge in [-0.15, -0.1) is 0 Å². The maximum atomic E-state index is 12.9. The Morgan fingerprint density at radius 2 is 1.50 bits per heavy atom. The number of imide groups is 1. The molecule has 1 atom stereocenters. The number of nitrogens with zero attached hydrogens (tertiary/aromatic N) is 2. The van der Waals surface area contributed by atoms with Gasteiger partial charge in [0.2, 0.25) is 5.91 Å². The molecule has 5 heteroatoms. The summed E-state index contributed by atoms with van der Waals surface area (Å²) < 4.78 is 0. The Morgan fingerprint density at radius 3 is 2.10 bits per heavy atom. The van der Waals surface area contributed by atoms with Crippen LogP contribution in [0.5, 0.6) is 0 Å². The molecular formula is C25H24N2O3. The van der Waals surface area contributed by atoms with E-state index in [0.717, 1.165) is 16.3 Å². The first-order chi connectivity index (χ1) is 14.5. The fourth-order valence-corrected chi connectivity index (χ4v) is 4.02. The average molecular weight is 400 g/mol. The van der Waals surface area contributed by atoms with Gasteiger partial charge in [0.05, 0.1) is 6.04 Å². The van der Waals surface area contributed by atoms with Crippen molar-refractivity contribution in [3.8, 4) is 0 Å². The molecule has 30 heavy (non-hydrogen) atoms. The van der Waals surface area contributed by atoms with E-state index in [4.69, 9.17) is 0 Å². The Morgan fingerprint density at radius 1 is 0.900 bits per heavy atom. The van der Waals surface area contributed by atoms with Crippen molar-refractivity contribution in [2.24, 2.45) is 0 Å². The SMILES string of the molecule is CC(c1ccccc1)N(C)C(=O)CCCN1C(=O)c2cccc3cccc(c23)C1=O. The van der Waals surface area contributed by atoms with E-state index in [-0.39, 0.29) is 36.7 Å². The molecule has 1 unspecified atom stereocenters.